The van der Waals surface area contributed by atoms with E-state index in [0.29, 0.717) is 25.5 Å². The molecule has 0 amide bonds. The van der Waals surface area contributed by atoms with Crippen LogP contribution in [-0.2, 0) is 21.9 Å². The number of primary sulfonamides is 1. The Morgan fingerprint density at radius 2 is 1.82 bits per heavy atom. The fourth-order valence-corrected chi connectivity index (χ4v) is 3.74. The van der Waals surface area contributed by atoms with Crippen molar-refractivity contribution in [3.05, 3.63) is 65.5 Å². The van der Waals surface area contributed by atoms with Gasteiger partial charge in [0.2, 0.25) is 10.0 Å². The second kappa shape index (κ2) is 8.28. The molecule has 6 nitrogen and oxygen atoms in total. The van der Waals surface area contributed by atoms with Crippen molar-refractivity contribution in [2.24, 2.45) is 10.1 Å². The van der Waals surface area contributed by atoms with Crippen molar-refractivity contribution in [2.45, 2.75) is 29.6 Å². The number of rotatable bonds is 7. The van der Waals surface area contributed by atoms with Gasteiger partial charge in [-0.2, -0.15) is 0 Å². The molecule has 0 spiro atoms. The first-order chi connectivity index (χ1) is 13.3. The second-order valence-corrected chi connectivity index (χ2v) is 8.61. The number of halogens is 1. The number of nitrogens with one attached hydrogen (secondary N) is 2. The Balaban J connectivity index is 1.50. The molecule has 2 aromatic rings. The summed E-state index contributed by atoms with van der Waals surface area (Å²) in [6.07, 6.45) is 2.60. The van der Waals surface area contributed by atoms with Gasteiger partial charge >= 0.3 is 0 Å². The van der Waals surface area contributed by atoms with E-state index >= 15 is 0 Å². The second-order valence-electron chi connectivity index (χ2n) is 7.05. The molecular formula is C20H25FN4O2S. The maximum atomic E-state index is 14.1. The van der Waals surface area contributed by atoms with Gasteiger partial charge in [-0.3, -0.25) is 4.99 Å². The van der Waals surface area contributed by atoms with Crippen molar-refractivity contribution in [2.75, 3.05) is 20.1 Å². The van der Waals surface area contributed by atoms with Gasteiger partial charge in [0.1, 0.15) is 5.82 Å². The van der Waals surface area contributed by atoms with Crippen LogP contribution in [0.1, 0.15) is 24.0 Å². The minimum absolute atomic E-state index is 0.101. The van der Waals surface area contributed by atoms with Gasteiger partial charge in [-0.25, -0.2) is 17.9 Å². The lowest BCUT2D eigenvalue weighted by atomic mass is 9.95. The van der Waals surface area contributed by atoms with Crippen LogP contribution in [0.5, 0.6) is 0 Å². The van der Waals surface area contributed by atoms with Crippen molar-refractivity contribution in [1.29, 1.82) is 0 Å². The van der Waals surface area contributed by atoms with Crippen molar-refractivity contribution < 1.29 is 12.8 Å². The highest BCUT2D eigenvalue weighted by atomic mass is 32.2. The number of sulfonamides is 1. The number of guanidine groups is 1. The standard InChI is InChI=1S/C20H25FN4O2S/c1-23-19(24-13-10-15-6-8-16(9-7-15)28(22,26)27)25-14-20(11-12-20)17-4-2-3-5-18(17)21/h2-9H,10-14H2,1H3,(H2,22,26,27)(H2,23,24,25). The zero-order valence-corrected chi connectivity index (χ0v) is 16.6. The van der Waals surface area contributed by atoms with E-state index in [4.69, 9.17) is 5.14 Å². The van der Waals surface area contributed by atoms with Gasteiger partial charge in [-0.05, 0) is 48.6 Å². The van der Waals surface area contributed by atoms with Gasteiger partial charge in [-0.1, -0.05) is 30.3 Å². The van der Waals surface area contributed by atoms with Gasteiger partial charge < -0.3 is 10.6 Å². The molecule has 8 heteroatoms. The fourth-order valence-electron chi connectivity index (χ4n) is 3.23. The predicted octanol–water partition coefficient (Wildman–Crippen LogP) is 1.91. The average Bonchev–Trinajstić information content (AvgIpc) is 3.45. The van der Waals surface area contributed by atoms with Crippen LogP contribution >= 0.6 is 0 Å². The Hall–Kier alpha value is -2.45. The molecule has 0 aromatic heterocycles. The van der Waals surface area contributed by atoms with Crippen LogP contribution in [0.15, 0.2) is 58.4 Å². The summed E-state index contributed by atoms with van der Waals surface area (Å²) >= 11 is 0. The number of aliphatic imine (C=N–C) groups is 1. The van der Waals surface area contributed by atoms with E-state index in [9.17, 15) is 12.8 Å². The SMILES string of the molecule is CN=C(NCCc1ccc(S(N)(=O)=O)cc1)NCC1(c2ccccc2F)CC1. The Morgan fingerprint density at radius 1 is 1.14 bits per heavy atom. The molecule has 3 rings (SSSR count). The fraction of sp³-hybridized carbons (Fsp3) is 0.350. The minimum Gasteiger partial charge on any atom is -0.356 e. The third-order valence-corrected chi connectivity index (χ3v) is 6.00. The minimum atomic E-state index is -3.67. The number of nitrogens with zero attached hydrogens (tertiary/aromatic N) is 1. The van der Waals surface area contributed by atoms with Crippen LogP contribution in [0.3, 0.4) is 0 Å². The molecule has 0 atom stereocenters. The highest BCUT2D eigenvalue weighted by Crippen LogP contribution is 2.48. The molecule has 1 aliphatic carbocycles. The molecule has 2 aromatic carbocycles. The summed E-state index contributed by atoms with van der Waals surface area (Å²) < 4.78 is 36.7. The van der Waals surface area contributed by atoms with E-state index in [1.165, 1.54) is 18.2 Å². The molecule has 1 saturated carbocycles. The van der Waals surface area contributed by atoms with Crippen molar-refractivity contribution in [3.8, 4) is 0 Å². The van der Waals surface area contributed by atoms with Crippen LogP contribution in [0, 0.1) is 5.82 Å². The lowest BCUT2D eigenvalue weighted by Gasteiger charge is -2.19. The molecule has 0 radical (unpaired) electrons. The summed E-state index contributed by atoms with van der Waals surface area (Å²) in [4.78, 5) is 4.32. The monoisotopic (exact) mass is 404 g/mol. The molecule has 0 heterocycles. The highest BCUT2D eigenvalue weighted by Gasteiger charge is 2.45. The molecule has 1 aliphatic rings. The number of benzene rings is 2. The summed E-state index contributed by atoms with van der Waals surface area (Å²) in [5.74, 6) is 0.497. The first kappa shape index (κ1) is 20.3. The Labute approximate surface area is 165 Å². The first-order valence-electron chi connectivity index (χ1n) is 9.15. The van der Waals surface area contributed by atoms with Gasteiger partial charge in [0.15, 0.2) is 5.96 Å². The molecule has 1 fully saturated rings. The number of nitrogens with two attached hydrogens (primary N) is 1. The zero-order chi connectivity index (χ0) is 20.2. The van der Waals surface area contributed by atoms with Crippen molar-refractivity contribution in [3.63, 3.8) is 0 Å². The molecule has 0 saturated heterocycles. The third-order valence-electron chi connectivity index (χ3n) is 5.07. The van der Waals surface area contributed by atoms with Crippen LogP contribution in [0.4, 0.5) is 4.39 Å². The Kier molecular flexibility index (Phi) is 6.00. The summed E-state index contributed by atoms with van der Waals surface area (Å²) in [5.41, 5.74) is 1.58. The Morgan fingerprint density at radius 3 is 2.39 bits per heavy atom. The molecule has 150 valence electrons. The van der Waals surface area contributed by atoms with Gasteiger partial charge in [0.25, 0.3) is 0 Å². The van der Waals surface area contributed by atoms with Gasteiger partial charge in [0.05, 0.1) is 4.90 Å². The first-order valence-corrected chi connectivity index (χ1v) is 10.7. The normalized spacial score (nSPS) is 15.9. The smallest absolute Gasteiger partial charge is 0.238 e. The average molecular weight is 405 g/mol. The molecule has 0 aliphatic heterocycles. The summed E-state index contributed by atoms with van der Waals surface area (Å²) in [6, 6.07) is 13.4. The predicted molar refractivity (Wildman–Crippen MR) is 108 cm³/mol. The third kappa shape index (κ3) is 4.88. The summed E-state index contributed by atoms with van der Waals surface area (Å²) in [6.45, 7) is 1.25. The van der Waals surface area contributed by atoms with E-state index in [0.717, 1.165) is 24.0 Å². The van der Waals surface area contributed by atoms with Crippen LogP contribution < -0.4 is 15.8 Å². The molecule has 28 heavy (non-hydrogen) atoms. The largest absolute Gasteiger partial charge is 0.356 e. The van der Waals surface area contributed by atoms with E-state index < -0.39 is 10.0 Å². The molecule has 4 N–H and O–H groups in total. The lowest BCUT2D eigenvalue weighted by Crippen LogP contribution is -2.42. The van der Waals surface area contributed by atoms with E-state index in [1.54, 1.807) is 25.2 Å². The maximum Gasteiger partial charge on any atom is 0.238 e. The van der Waals surface area contributed by atoms with E-state index in [-0.39, 0.29) is 16.1 Å². The molecular weight excluding hydrogens is 379 g/mol. The van der Waals surface area contributed by atoms with Gasteiger partial charge in [0, 0.05) is 25.6 Å². The van der Waals surface area contributed by atoms with Crippen molar-refractivity contribution in [1.82, 2.24) is 10.6 Å². The van der Waals surface area contributed by atoms with Crippen molar-refractivity contribution >= 4 is 16.0 Å². The van der Waals surface area contributed by atoms with Gasteiger partial charge in [-0.15, -0.1) is 0 Å². The maximum absolute atomic E-state index is 14.1. The quantitative estimate of drug-likeness (QED) is 0.485. The summed E-state index contributed by atoms with van der Waals surface area (Å²) in [5, 5.41) is 11.6. The summed E-state index contributed by atoms with van der Waals surface area (Å²) in [7, 11) is -1.98. The van der Waals surface area contributed by atoms with Crippen LogP contribution in [0.25, 0.3) is 0 Å². The van der Waals surface area contributed by atoms with E-state index in [2.05, 4.69) is 15.6 Å². The molecule has 0 bridgehead atoms. The van der Waals surface area contributed by atoms with Crippen LogP contribution in [0.2, 0.25) is 0 Å². The number of hydrogen-bond acceptors (Lipinski definition) is 3. The van der Waals surface area contributed by atoms with E-state index in [1.807, 2.05) is 12.1 Å². The Bertz CT molecular complexity index is 954. The lowest BCUT2D eigenvalue weighted by molar-refractivity contribution is 0.559. The highest BCUT2D eigenvalue weighted by molar-refractivity contribution is 7.89. The number of hydrogen-bond donors (Lipinski definition) is 3. The zero-order valence-electron chi connectivity index (χ0n) is 15.8. The molecule has 0 unspecified atom stereocenters. The van der Waals surface area contributed by atoms with Crippen LogP contribution in [-0.4, -0.2) is 34.5 Å². The topological polar surface area (TPSA) is 96.6 Å².